The van der Waals surface area contributed by atoms with Crippen molar-refractivity contribution in [2.24, 2.45) is 23.7 Å². The molecule has 3 aliphatic rings. The molecule has 1 aliphatic heterocycles. The quantitative estimate of drug-likeness (QED) is 0.478. The Morgan fingerprint density at radius 3 is 1.79 bits per heavy atom. The number of imide groups is 1. The van der Waals surface area contributed by atoms with Crippen LogP contribution in [0.3, 0.4) is 0 Å². The summed E-state index contributed by atoms with van der Waals surface area (Å²) in [4.78, 5) is 38.6. The Morgan fingerprint density at radius 1 is 0.875 bits per heavy atom. The first-order valence-electron chi connectivity index (χ1n) is 8.26. The first-order chi connectivity index (χ1) is 11.4. The second-order valence-electron chi connectivity index (χ2n) is 7.06. The number of carbonyl (C=O) groups excluding carboxylic acids is 3. The molecule has 2 bridgehead atoms. The molecule has 0 aromatic heterocycles. The zero-order chi connectivity index (χ0) is 17.2. The van der Waals surface area contributed by atoms with Gasteiger partial charge < -0.3 is 0 Å². The van der Waals surface area contributed by atoms with E-state index in [1.165, 1.54) is 23.0 Å². The molecule has 2 fully saturated rings. The highest BCUT2D eigenvalue weighted by Crippen LogP contribution is 2.57. The van der Waals surface area contributed by atoms with Crippen molar-refractivity contribution in [2.75, 3.05) is 4.90 Å². The van der Waals surface area contributed by atoms with Gasteiger partial charge in [0.1, 0.15) is 0 Å². The fourth-order valence-electron chi connectivity index (χ4n) is 4.53. The zero-order valence-corrected chi connectivity index (χ0v) is 13.9. The van der Waals surface area contributed by atoms with Crippen LogP contribution < -0.4 is 4.90 Å². The van der Waals surface area contributed by atoms with E-state index in [4.69, 9.17) is 0 Å². The van der Waals surface area contributed by atoms with E-state index in [0.29, 0.717) is 11.3 Å². The highest BCUT2D eigenvalue weighted by molar-refractivity contribution is 6.23. The van der Waals surface area contributed by atoms with Gasteiger partial charge in [-0.15, -0.1) is 0 Å². The van der Waals surface area contributed by atoms with Crippen LogP contribution in [0, 0.1) is 23.7 Å². The van der Waals surface area contributed by atoms with Crippen LogP contribution in [0.2, 0.25) is 0 Å². The van der Waals surface area contributed by atoms with Crippen LogP contribution in [0.15, 0.2) is 47.6 Å². The molecule has 1 saturated carbocycles. The lowest BCUT2D eigenvalue weighted by Gasteiger charge is -2.19. The number of ketones is 1. The van der Waals surface area contributed by atoms with Gasteiger partial charge in [-0.25, -0.2) is 4.90 Å². The third-order valence-electron chi connectivity index (χ3n) is 5.53. The predicted molar refractivity (Wildman–Crippen MR) is 90.4 cm³/mol. The SMILES string of the molecule is CC(=O)c1ccc(N2C(=O)C3C(C2=O)[C@@H]2C=C[C@@H]3C2=C(C)C)cc1. The predicted octanol–water partition coefficient (Wildman–Crippen LogP) is 3.15. The summed E-state index contributed by atoms with van der Waals surface area (Å²) in [5.74, 6) is -0.694. The molecule has 4 nitrogen and oxygen atoms in total. The minimum absolute atomic E-state index is 0.0343. The number of carbonyl (C=O) groups is 3. The average Bonchev–Trinajstić information content (AvgIpc) is 3.18. The lowest BCUT2D eigenvalue weighted by atomic mass is 9.85. The molecule has 1 aromatic carbocycles. The molecule has 122 valence electrons. The summed E-state index contributed by atoms with van der Waals surface area (Å²) in [6.07, 6.45) is 4.17. The first-order valence-corrected chi connectivity index (χ1v) is 8.26. The fraction of sp³-hybridized carbons (Fsp3) is 0.350. The molecule has 1 heterocycles. The third kappa shape index (κ3) is 1.83. The summed E-state index contributed by atoms with van der Waals surface area (Å²) in [5, 5.41) is 0. The van der Waals surface area contributed by atoms with Gasteiger partial charge in [0.25, 0.3) is 0 Å². The second-order valence-corrected chi connectivity index (χ2v) is 7.06. The highest BCUT2D eigenvalue weighted by Gasteiger charge is 2.61. The van der Waals surface area contributed by atoms with Crippen molar-refractivity contribution in [3.63, 3.8) is 0 Å². The number of hydrogen-bond acceptors (Lipinski definition) is 3. The molecule has 4 atom stereocenters. The molecule has 1 saturated heterocycles. The molecule has 0 N–H and O–H groups in total. The lowest BCUT2D eigenvalue weighted by Crippen LogP contribution is -2.33. The molecule has 0 radical (unpaired) electrons. The van der Waals surface area contributed by atoms with Crippen molar-refractivity contribution in [2.45, 2.75) is 20.8 Å². The van der Waals surface area contributed by atoms with Crippen molar-refractivity contribution in [3.05, 3.63) is 53.1 Å². The summed E-state index contributed by atoms with van der Waals surface area (Å²) < 4.78 is 0. The van der Waals surface area contributed by atoms with Crippen LogP contribution in [0.25, 0.3) is 0 Å². The topological polar surface area (TPSA) is 54.5 Å². The molecule has 1 aromatic rings. The maximum absolute atomic E-state index is 13.0. The molecule has 2 unspecified atom stereocenters. The molecule has 0 spiro atoms. The number of rotatable bonds is 2. The monoisotopic (exact) mass is 321 g/mol. The van der Waals surface area contributed by atoms with Crippen molar-refractivity contribution in [1.82, 2.24) is 0 Å². The van der Waals surface area contributed by atoms with E-state index in [-0.39, 0.29) is 41.3 Å². The van der Waals surface area contributed by atoms with Gasteiger partial charge in [0.2, 0.25) is 11.8 Å². The maximum Gasteiger partial charge on any atom is 0.238 e. The Morgan fingerprint density at radius 2 is 1.38 bits per heavy atom. The number of amides is 2. The fourth-order valence-corrected chi connectivity index (χ4v) is 4.53. The van der Waals surface area contributed by atoms with Crippen LogP contribution in [-0.4, -0.2) is 17.6 Å². The molecule has 24 heavy (non-hydrogen) atoms. The number of hydrogen-bond donors (Lipinski definition) is 0. The van der Waals surface area contributed by atoms with Crippen LogP contribution in [0.1, 0.15) is 31.1 Å². The number of Topliss-reactive ketones (excluding diaryl/α,β-unsaturated/α-hetero) is 1. The summed E-state index contributed by atoms with van der Waals surface area (Å²) in [6, 6.07) is 6.71. The Balaban J connectivity index is 1.71. The number of anilines is 1. The normalized spacial score (nSPS) is 30.3. The van der Waals surface area contributed by atoms with Gasteiger partial charge in [-0.3, -0.25) is 14.4 Å². The lowest BCUT2D eigenvalue weighted by molar-refractivity contribution is -0.122. The summed E-state index contributed by atoms with van der Waals surface area (Å²) >= 11 is 0. The second kappa shape index (κ2) is 5.00. The minimum Gasteiger partial charge on any atom is -0.295 e. The van der Waals surface area contributed by atoms with Crippen LogP contribution >= 0.6 is 0 Å². The number of nitrogens with zero attached hydrogens (tertiary/aromatic N) is 1. The van der Waals surface area contributed by atoms with Gasteiger partial charge >= 0.3 is 0 Å². The average molecular weight is 321 g/mol. The van der Waals surface area contributed by atoms with Crippen molar-refractivity contribution < 1.29 is 14.4 Å². The zero-order valence-electron chi connectivity index (χ0n) is 13.9. The van der Waals surface area contributed by atoms with E-state index in [1.54, 1.807) is 24.3 Å². The Hall–Kier alpha value is -2.49. The van der Waals surface area contributed by atoms with E-state index in [2.05, 4.69) is 26.0 Å². The van der Waals surface area contributed by atoms with Crippen molar-refractivity contribution in [1.29, 1.82) is 0 Å². The highest BCUT2D eigenvalue weighted by atomic mass is 16.2. The molecular formula is C20H19NO3. The standard InChI is InChI=1S/C20H19NO3/c1-10(2)16-14-8-9-15(16)18-17(14)19(23)21(20(18)24)13-6-4-12(5-7-13)11(3)22/h4-9,14-15,17-18H,1-3H3/t14-,15-,17?,18?/m1/s1. The van der Waals surface area contributed by atoms with Gasteiger partial charge in [-0.2, -0.15) is 0 Å². The van der Waals surface area contributed by atoms with Crippen LogP contribution in [-0.2, 0) is 9.59 Å². The molecule has 4 heteroatoms. The van der Waals surface area contributed by atoms with Crippen LogP contribution in [0.5, 0.6) is 0 Å². The van der Waals surface area contributed by atoms with E-state index in [9.17, 15) is 14.4 Å². The van der Waals surface area contributed by atoms with E-state index < -0.39 is 0 Å². The molecule has 2 aliphatic carbocycles. The van der Waals surface area contributed by atoms with Crippen molar-refractivity contribution in [3.8, 4) is 0 Å². The van der Waals surface area contributed by atoms with E-state index in [0.717, 1.165) is 0 Å². The number of fused-ring (bicyclic) bond motifs is 5. The number of allylic oxidation sites excluding steroid dienone is 4. The van der Waals surface area contributed by atoms with Gasteiger partial charge in [-0.1, -0.05) is 23.3 Å². The molecular weight excluding hydrogens is 302 g/mol. The van der Waals surface area contributed by atoms with Crippen molar-refractivity contribution >= 4 is 23.3 Å². The first kappa shape index (κ1) is 15.1. The number of benzene rings is 1. The van der Waals surface area contributed by atoms with Gasteiger partial charge in [0.05, 0.1) is 17.5 Å². The molecule has 4 rings (SSSR count). The summed E-state index contributed by atoms with van der Waals surface area (Å²) in [6.45, 7) is 5.60. The summed E-state index contributed by atoms with van der Waals surface area (Å²) in [5.41, 5.74) is 3.59. The maximum atomic E-state index is 13.0. The largest absolute Gasteiger partial charge is 0.295 e. The Labute approximate surface area is 140 Å². The Kier molecular flexibility index (Phi) is 3.14. The van der Waals surface area contributed by atoms with E-state index in [1.807, 2.05) is 0 Å². The third-order valence-corrected chi connectivity index (χ3v) is 5.53. The smallest absolute Gasteiger partial charge is 0.238 e. The molecule has 2 amide bonds. The Bertz CT molecular complexity index is 793. The van der Waals surface area contributed by atoms with E-state index >= 15 is 0 Å². The van der Waals surface area contributed by atoms with Gasteiger partial charge in [-0.05, 0) is 45.0 Å². The van der Waals surface area contributed by atoms with Gasteiger partial charge in [0, 0.05) is 17.4 Å². The minimum atomic E-state index is -0.273. The van der Waals surface area contributed by atoms with Crippen LogP contribution in [0.4, 0.5) is 5.69 Å². The summed E-state index contributed by atoms with van der Waals surface area (Å²) in [7, 11) is 0. The van der Waals surface area contributed by atoms with Gasteiger partial charge in [0.15, 0.2) is 5.78 Å².